The molecule has 1 heterocycles. The van der Waals surface area contributed by atoms with Gasteiger partial charge in [-0.15, -0.1) is 0 Å². The van der Waals surface area contributed by atoms with Gasteiger partial charge >= 0.3 is 0 Å². The van der Waals surface area contributed by atoms with E-state index >= 15 is 0 Å². The number of H-pyrrole nitrogens is 1. The second-order valence-corrected chi connectivity index (χ2v) is 5.92. The van der Waals surface area contributed by atoms with E-state index in [2.05, 4.69) is 20.5 Å². The SMILES string of the molecule is COc1ccc(-c2cc(=O)[nH]c(N/N=C\c3cc(O)c(OC)cc3[N+](=O)[O-])n2)cc1. The fourth-order valence-electron chi connectivity index (χ4n) is 2.58. The van der Waals surface area contributed by atoms with E-state index in [0.29, 0.717) is 17.0 Å². The van der Waals surface area contributed by atoms with Gasteiger partial charge in [-0.1, -0.05) is 0 Å². The number of aromatic hydroxyl groups is 1. The molecule has 3 N–H and O–H groups in total. The van der Waals surface area contributed by atoms with Gasteiger partial charge in [0.15, 0.2) is 11.5 Å². The lowest BCUT2D eigenvalue weighted by Gasteiger charge is -2.06. The molecule has 3 aromatic rings. The molecule has 0 aliphatic rings. The van der Waals surface area contributed by atoms with Gasteiger partial charge in [0.2, 0.25) is 5.95 Å². The average molecular weight is 411 g/mol. The van der Waals surface area contributed by atoms with Gasteiger partial charge < -0.3 is 14.6 Å². The molecule has 30 heavy (non-hydrogen) atoms. The predicted octanol–water partition coefficient (Wildman–Crippen LogP) is 2.51. The Morgan fingerprint density at radius 1 is 1.20 bits per heavy atom. The second kappa shape index (κ2) is 8.73. The summed E-state index contributed by atoms with van der Waals surface area (Å²) < 4.78 is 9.98. The summed E-state index contributed by atoms with van der Waals surface area (Å²) in [4.78, 5) is 29.3. The number of anilines is 1. The van der Waals surface area contributed by atoms with Crippen molar-refractivity contribution in [2.75, 3.05) is 19.6 Å². The lowest BCUT2D eigenvalue weighted by Crippen LogP contribution is -2.10. The fraction of sp³-hybridized carbons (Fsp3) is 0.105. The molecule has 0 amide bonds. The largest absolute Gasteiger partial charge is 0.504 e. The van der Waals surface area contributed by atoms with Crippen molar-refractivity contribution in [3.05, 3.63) is 68.5 Å². The van der Waals surface area contributed by atoms with Crippen LogP contribution >= 0.6 is 0 Å². The summed E-state index contributed by atoms with van der Waals surface area (Å²) in [6, 6.07) is 10.5. The number of nitrogens with zero attached hydrogens (tertiary/aromatic N) is 3. The summed E-state index contributed by atoms with van der Waals surface area (Å²) in [6.07, 6.45) is 1.12. The van der Waals surface area contributed by atoms with E-state index in [1.54, 1.807) is 31.4 Å². The topological polar surface area (TPSA) is 152 Å². The number of benzene rings is 2. The predicted molar refractivity (Wildman–Crippen MR) is 109 cm³/mol. The lowest BCUT2D eigenvalue weighted by atomic mass is 10.1. The van der Waals surface area contributed by atoms with E-state index in [0.717, 1.165) is 18.3 Å². The molecule has 0 saturated carbocycles. The first-order valence-electron chi connectivity index (χ1n) is 8.51. The first kappa shape index (κ1) is 20.3. The number of aromatic nitrogens is 2. The smallest absolute Gasteiger partial charge is 0.282 e. The van der Waals surface area contributed by atoms with Crippen molar-refractivity contribution in [3.8, 4) is 28.5 Å². The van der Waals surface area contributed by atoms with Crippen LogP contribution in [0.5, 0.6) is 17.2 Å². The third-order valence-electron chi connectivity index (χ3n) is 4.03. The van der Waals surface area contributed by atoms with E-state index in [1.165, 1.54) is 13.2 Å². The number of aromatic amines is 1. The summed E-state index contributed by atoms with van der Waals surface area (Å²) in [5, 5.41) is 25.0. The lowest BCUT2D eigenvalue weighted by molar-refractivity contribution is -0.385. The monoisotopic (exact) mass is 411 g/mol. The van der Waals surface area contributed by atoms with Gasteiger partial charge in [0.25, 0.3) is 11.2 Å². The minimum atomic E-state index is -0.631. The highest BCUT2D eigenvalue weighted by Gasteiger charge is 2.17. The second-order valence-electron chi connectivity index (χ2n) is 5.92. The molecule has 0 bridgehead atoms. The van der Waals surface area contributed by atoms with Gasteiger partial charge in [-0.05, 0) is 30.3 Å². The molecule has 0 spiro atoms. The molecule has 11 heteroatoms. The van der Waals surface area contributed by atoms with Crippen LogP contribution in [0.1, 0.15) is 5.56 Å². The normalized spacial score (nSPS) is 10.7. The number of phenols is 1. The Morgan fingerprint density at radius 3 is 2.57 bits per heavy atom. The number of ether oxygens (including phenoxy) is 2. The number of rotatable bonds is 7. The Kier molecular flexibility index (Phi) is 5.92. The summed E-state index contributed by atoms with van der Waals surface area (Å²) in [5.41, 5.74) is 2.90. The molecule has 0 radical (unpaired) electrons. The Hall–Kier alpha value is -4.41. The van der Waals surface area contributed by atoms with Crippen LogP contribution in [0.25, 0.3) is 11.3 Å². The number of nitrogens with one attached hydrogen (secondary N) is 2. The Bertz CT molecular complexity index is 1160. The van der Waals surface area contributed by atoms with E-state index in [-0.39, 0.29) is 28.7 Å². The number of hydrogen-bond donors (Lipinski definition) is 3. The molecule has 3 rings (SSSR count). The van der Waals surface area contributed by atoms with Crippen LogP contribution in [0, 0.1) is 10.1 Å². The summed E-state index contributed by atoms with van der Waals surface area (Å²) in [6.45, 7) is 0. The summed E-state index contributed by atoms with van der Waals surface area (Å²) in [7, 11) is 2.83. The third-order valence-corrected chi connectivity index (χ3v) is 4.03. The van der Waals surface area contributed by atoms with Crippen molar-refractivity contribution in [1.82, 2.24) is 9.97 Å². The average Bonchev–Trinajstić information content (AvgIpc) is 2.73. The third kappa shape index (κ3) is 4.52. The zero-order chi connectivity index (χ0) is 21.7. The molecule has 154 valence electrons. The number of nitro benzene ring substituents is 1. The van der Waals surface area contributed by atoms with Crippen LogP contribution in [-0.4, -0.2) is 40.4 Å². The summed E-state index contributed by atoms with van der Waals surface area (Å²) in [5.74, 6) is 0.378. The Labute approximate surface area is 169 Å². The first-order valence-corrected chi connectivity index (χ1v) is 8.51. The molecular formula is C19H17N5O6. The molecule has 11 nitrogen and oxygen atoms in total. The standard InChI is InChI=1S/C19H17N5O6/c1-29-13-5-3-11(4-6-13)14-8-18(26)22-19(21-14)23-20-10-12-7-16(25)17(30-2)9-15(12)24(27)28/h3-10,25H,1-2H3,(H2,21,22,23,26)/b20-10-. The van der Waals surface area contributed by atoms with Gasteiger partial charge in [0.1, 0.15) is 5.75 Å². The minimum Gasteiger partial charge on any atom is -0.504 e. The molecule has 0 atom stereocenters. The van der Waals surface area contributed by atoms with Crippen LogP contribution < -0.4 is 20.5 Å². The van der Waals surface area contributed by atoms with Gasteiger partial charge in [-0.25, -0.2) is 10.4 Å². The van der Waals surface area contributed by atoms with Gasteiger partial charge in [0, 0.05) is 11.6 Å². The maximum absolute atomic E-state index is 12.0. The molecule has 0 aliphatic heterocycles. The van der Waals surface area contributed by atoms with Crippen molar-refractivity contribution in [1.29, 1.82) is 0 Å². The van der Waals surface area contributed by atoms with E-state index in [1.807, 2.05) is 0 Å². The summed E-state index contributed by atoms with van der Waals surface area (Å²) >= 11 is 0. The zero-order valence-electron chi connectivity index (χ0n) is 15.9. The van der Waals surface area contributed by atoms with Crippen molar-refractivity contribution in [3.63, 3.8) is 0 Å². The molecule has 0 unspecified atom stereocenters. The maximum Gasteiger partial charge on any atom is 0.282 e. The zero-order valence-corrected chi connectivity index (χ0v) is 15.9. The number of hydrogen-bond acceptors (Lipinski definition) is 9. The van der Waals surface area contributed by atoms with Crippen molar-refractivity contribution >= 4 is 17.9 Å². The minimum absolute atomic E-state index is 0.0273. The highest BCUT2D eigenvalue weighted by Crippen LogP contribution is 2.32. The van der Waals surface area contributed by atoms with Crippen LogP contribution in [0.2, 0.25) is 0 Å². The number of phenolic OH excluding ortho intramolecular Hbond substituents is 1. The van der Waals surface area contributed by atoms with Gasteiger partial charge in [0.05, 0.1) is 42.7 Å². The molecule has 1 aromatic heterocycles. The number of hydrazone groups is 1. The quantitative estimate of drug-likeness (QED) is 0.305. The Morgan fingerprint density at radius 2 is 1.93 bits per heavy atom. The van der Waals surface area contributed by atoms with Crippen molar-refractivity contribution in [2.24, 2.45) is 5.10 Å². The fourth-order valence-corrected chi connectivity index (χ4v) is 2.58. The van der Waals surface area contributed by atoms with Crippen molar-refractivity contribution < 1.29 is 19.5 Å². The Balaban J connectivity index is 1.86. The van der Waals surface area contributed by atoms with Crippen LogP contribution in [0.15, 0.2) is 52.4 Å². The van der Waals surface area contributed by atoms with Gasteiger partial charge in [-0.3, -0.25) is 19.9 Å². The highest BCUT2D eigenvalue weighted by atomic mass is 16.6. The van der Waals surface area contributed by atoms with Crippen LogP contribution in [0.3, 0.4) is 0 Å². The molecule has 0 aliphatic carbocycles. The van der Waals surface area contributed by atoms with Crippen LogP contribution in [0.4, 0.5) is 11.6 Å². The van der Waals surface area contributed by atoms with Crippen LogP contribution in [-0.2, 0) is 0 Å². The van der Waals surface area contributed by atoms with Crippen molar-refractivity contribution in [2.45, 2.75) is 0 Å². The highest BCUT2D eigenvalue weighted by molar-refractivity contribution is 5.87. The van der Waals surface area contributed by atoms with E-state index < -0.39 is 10.5 Å². The number of methoxy groups -OCH3 is 2. The van der Waals surface area contributed by atoms with Gasteiger partial charge in [-0.2, -0.15) is 5.10 Å². The molecule has 0 fully saturated rings. The first-order chi connectivity index (χ1) is 14.4. The molecular weight excluding hydrogens is 394 g/mol. The molecule has 2 aromatic carbocycles. The maximum atomic E-state index is 12.0. The van der Waals surface area contributed by atoms with E-state index in [4.69, 9.17) is 9.47 Å². The molecule has 0 saturated heterocycles. The number of nitro groups is 1. The van der Waals surface area contributed by atoms with E-state index in [9.17, 15) is 20.0 Å².